The van der Waals surface area contributed by atoms with E-state index in [0.29, 0.717) is 0 Å². The van der Waals surface area contributed by atoms with Gasteiger partial charge in [0.25, 0.3) is 0 Å². The molecule has 0 saturated carbocycles. The second kappa shape index (κ2) is 15.9. The molecule has 0 aliphatic rings. The van der Waals surface area contributed by atoms with E-state index in [-0.39, 0.29) is 0 Å². The first-order valence-electron chi connectivity index (χ1n) is 12.1. The van der Waals surface area contributed by atoms with Gasteiger partial charge in [0.2, 0.25) is 0 Å². The second-order valence-electron chi connectivity index (χ2n) is 9.41. The lowest BCUT2D eigenvalue weighted by Crippen LogP contribution is -2.48. The molecule has 26 heavy (non-hydrogen) atoms. The van der Waals surface area contributed by atoms with E-state index in [0.717, 1.165) is 0 Å². The highest BCUT2D eigenvalue weighted by atomic mass is 15.3. The molecular formula is C24H54N2+2. The number of hydrogen-bond donors (Lipinski definition) is 0. The predicted octanol–water partition coefficient (Wildman–Crippen LogP) is 6.64. The number of unbranched alkanes of at least 4 members (excludes halogenated alkanes) is 7. The largest absolute Gasteiger partial charge is 0.326 e. The maximum atomic E-state index is 2.53. The quantitative estimate of drug-likeness (QED) is 0.176. The molecule has 0 fully saturated rings. The van der Waals surface area contributed by atoms with Crippen molar-refractivity contribution in [2.24, 2.45) is 0 Å². The predicted molar refractivity (Wildman–Crippen MR) is 120 cm³/mol. The summed E-state index contributed by atoms with van der Waals surface area (Å²) in [7, 11) is 5.05. The van der Waals surface area contributed by atoms with Crippen LogP contribution in [-0.2, 0) is 0 Å². The smallest absolute Gasteiger partial charge is 0.0786 e. The van der Waals surface area contributed by atoms with Crippen molar-refractivity contribution in [1.29, 1.82) is 0 Å². The Balaban J connectivity index is 4.39. The standard InChI is InChI=1S/C24H54N2/c1-7-11-15-21-25(5,19-13-9-3)23-17-18-24-26(6,20-14-10-4)22-16-12-8-2/h7-24H2,1-6H3/q+2. The van der Waals surface area contributed by atoms with Crippen molar-refractivity contribution >= 4 is 0 Å². The molecule has 0 radical (unpaired) electrons. The van der Waals surface area contributed by atoms with Gasteiger partial charge in [-0.15, -0.1) is 0 Å². The highest BCUT2D eigenvalue weighted by Crippen LogP contribution is 2.15. The molecule has 2 nitrogen and oxygen atoms in total. The summed E-state index contributed by atoms with van der Waals surface area (Å²) in [4.78, 5) is 0. The molecule has 0 aromatic heterocycles. The zero-order valence-corrected chi connectivity index (χ0v) is 19.6. The molecule has 2 unspecified atom stereocenters. The summed E-state index contributed by atoms with van der Waals surface area (Å²) in [5.41, 5.74) is 0. The van der Waals surface area contributed by atoms with Crippen LogP contribution in [0.1, 0.15) is 105 Å². The minimum atomic E-state index is 1.32. The monoisotopic (exact) mass is 370 g/mol. The molecule has 0 aliphatic heterocycles. The lowest BCUT2D eigenvalue weighted by atomic mass is 10.1. The van der Waals surface area contributed by atoms with Crippen molar-refractivity contribution in [3.8, 4) is 0 Å². The first-order chi connectivity index (χ1) is 12.4. The van der Waals surface area contributed by atoms with Gasteiger partial charge in [0.1, 0.15) is 0 Å². The van der Waals surface area contributed by atoms with Crippen LogP contribution < -0.4 is 0 Å². The zero-order chi connectivity index (χ0) is 19.7. The average molecular weight is 371 g/mol. The van der Waals surface area contributed by atoms with Gasteiger partial charge in [-0.05, 0) is 38.5 Å². The van der Waals surface area contributed by atoms with Crippen molar-refractivity contribution in [1.82, 2.24) is 0 Å². The Hall–Kier alpha value is -0.0800. The topological polar surface area (TPSA) is 0 Å². The van der Waals surface area contributed by atoms with Crippen LogP contribution >= 0.6 is 0 Å². The van der Waals surface area contributed by atoms with Crippen molar-refractivity contribution < 1.29 is 8.97 Å². The van der Waals surface area contributed by atoms with E-state index in [4.69, 9.17) is 0 Å². The average Bonchev–Trinajstić information content (AvgIpc) is 2.63. The molecule has 0 aromatic rings. The summed E-state index contributed by atoms with van der Waals surface area (Å²) in [5.74, 6) is 0. The number of hydrogen-bond acceptors (Lipinski definition) is 0. The highest BCUT2D eigenvalue weighted by Gasteiger charge is 2.23. The number of nitrogens with zero attached hydrogens (tertiary/aromatic N) is 2. The van der Waals surface area contributed by atoms with E-state index in [9.17, 15) is 0 Å². The van der Waals surface area contributed by atoms with Crippen LogP contribution in [0.3, 0.4) is 0 Å². The molecule has 0 aliphatic carbocycles. The van der Waals surface area contributed by atoms with E-state index in [1.54, 1.807) is 0 Å². The third-order valence-electron chi connectivity index (χ3n) is 6.35. The molecule has 2 heteroatoms. The lowest BCUT2D eigenvalue weighted by Gasteiger charge is -2.37. The Bertz CT molecular complexity index is 275. The third kappa shape index (κ3) is 13.1. The zero-order valence-electron chi connectivity index (χ0n) is 19.6. The summed E-state index contributed by atoms with van der Waals surface area (Å²) >= 11 is 0. The van der Waals surface area contributed by atoms with E-state index in [1.165, 1.54) is 125 Å². The van der Waals surface area contributed by atoms with Gasteiger partial charge in [0.05, 0.1) is 53.4 Å². The fourth-order valence-corrected chi connectivity index (χ4v) is 4.22. The summed E-state index contributed by atoms with van der Waals surface area (Å²) in [6.45, 7) is 17.7. The van der Waals surface area contributed by atoms with E-state index in [2.05, 4.69) is 41.8 Å². The van der Waals surface area contributed by atoms with Crippen LogP contribution in [0, 0.1) is 0 Å². The summed E-state index contributed by atoms with van der Waals surface area (Å²) in [6, 6.07) is 0. The summed E-state index contributed by atoms with van der Waals surface area (Å²) in [6.07, 6.45) is 16.6. The van der Waals surface area contributed by atoms with Gasteiger partial charge in [0, 0.05) is 12.8 Å². The summed E-state index contributed by atoms with van der Waals surface area (Å²) in [5, 5.41) is 0. The van der Waals surface area contributed by atoms with Crippen LogP contribution in [0.5, 0.6) is 0 Å². The molecule has 0 spiro atoms. The number of quaternary nitrogens is 2. The van der Waals surface area contributed by atoms with Crippen LogP contribution in [0.2, 0.25) is 0 Å². The highest BCUT2D eigenvalue weighted by molar-refractivity contribution is 4.49. The maximum absolute atomic E-state index is 2.53. The van der Waals surface area contributed by atoms with Gasteiger partial charge < -0.3 is 8.97 Å². The minimum Gasteiger partial charge on any atom is -0.326 e. The Morgan fingerprint density at radius 3 is 0.846 bits per heavy atom. The van der Waals surface area contributed by atoms with Crippen molar-refractivity contribution in [3.05, 3.63) is 0 Å². The minimum absolute atomic E-state index is 1.32. The van der Waals surface area contributed by atoms with Crippen molar-refractivity contribution in [2.75, 3.05) is 53.4 Å². The first kappa shape index (κ1) is 25.9. The molecule has 0 saturated heterocycles. The third-order valence-corrected chi connectivity index (χ3v) is 6.35. The van der Waals surface area contributed by atoms with Crippen LogP contribution in [0.25, 0.3) is 0 Å². The maximum Gasteiger partial charge on any atom is 0.0786 e. The lowest BCUT2D eigenvalue weighted by molar-refractivity contribution is -0.916. The molecule has 0 rings (SSSR count). The molecule has 0 bridgehead atoms. The Morgan fingerprint density at radius 1 is 0.346 bits per heavy atom. The Morgan fingerprint density at radius 2 is 0.577 bits per heavy atom. The van der Waals surface area contributed by atoms with Crippen molar-refractivity contribution in [3.63, 3.8) is 0 Å². The van der Waals surface area contributed by atoms with Gasteiger partial charge in [-0.1, -0.05) is 53.4 Å². The normalized spacial score (nSPS) is 16.4. The molecule has 0 amide bonds. The summed E-state index contributed by atoms with van der Waals surface area (Å²) < 4.78 is 2.64. The molecule has 0 aromatic carbocycles. The molecule has 0 heterocycles. The SMILES string of the molecule is CCCCC[N+](C)(CCCC)CCCC[N+](C)(CCCC)CCCCC. The second-order valence-corrected chi connectivity index (χ2v) is 9.41. The molecule has 0 N–H and O–H groups in total. The molecule has 158 valence electrons. The van der Waals surface area contributed by atoms with Gasteiger partial charge in [-0.2, -0.15) is 0 Å². The van der Waals surface area contributed by atoms with Gasteiger partial charge in [-0.25, -0.2) is 0 Å². The fourth-order valence-electron chi connectivity index (χ4n) is 4.22. The van der Waals surface area contributed by atoms with E-state index in [1.807, 2.05) is 0 Å². The first-order valence-corrected chi connectivity index (χ1v) is 12.1. The fraction of sp³-hybridized carbons (Fsp3) is 1.00. The van der Waals surface area contributed by atoms with Crippen LogP contribution in [0.4, 0.5) is 0 Å². The molecule has 2 atom stereocenters. The Kier molecular flexibility index (Phi) is 15.9. The van der Waals surface area contributed by atoms with Crippen molar-refractivity contribution in [2.45, 2.75) is 105 Å². The van der Waals surface area contributed by atoms with E-state index >= 15 is 0 Å². The van der Waals surface area contributed by atoms with Gasteiger partial charge in [-0.3, -0.25) is 0 Å². The number of rotatable bonds is 19. The molecular weight excluding hydrogens is 316 g/mol. The van der Waals surface area contributed by atoms with Gasteiger partial charge in [0.15, 0.2) is 0 Å². The van der Waals surface area contributed by atoms with Crippen LogP contribution in [-0.4, -0.2) is 62.3 Å². The van der Waals surface area contributed by atoms with Crippen LogP contribution in [0.15, 0.2) is 0 Å². The van der Waals surface area contributed by atoms with Gasteiger partial charge >= 0.3 is 0 Å². The Labute approximate surface area is 167 Å². The van der Waals surface area contributed by atoms with E-state index < -0.39 is 0 Å².